The molecule has 4 heterocycles. The van der Waals surface area contributed by atoms with Gasteiger partial charge in [0.1, 0.15) is 23.3 Å². The van der Waals surface area contributed by atoms with Gasteiger partial charge in [-0.2, -0.15) is 9.97 Å². The average Bonchev–Trinajstić information content (AvgIpc) is 3.86. The molecular weight excluding hydrogens is 603 g/mol. The van der Waals surface area contributed by atoms with Gasteiger partial charge in [0, 0.05) is 28.0 Å². The van der Waals surface area contributed by atoms with Crippen molar-refractivity contribution in [3.05, 3.63) is 164 Å². The van der Waals surface area contributed by atoms with Crippen LogP contribution in [0.15, 0.2) is 164 Å². The third kappa shape index (κ3) is 4.29. The predicted octanol–water partition coefficient (Wildman–Crippen LogP) is 9.59. The van der Waals surface area contributed by atoms with Crippen molar-refractivity contribution >= 4 is 43.9 Å². The summed E-state index contributed by atoms with van der Waals surface area (Å²) in [6.45, 7) is 0. The molecule has 0 aliphatic carbocycles. The molecule has 0 radical (unpaired) electrons. The molecule has 0 saturated carbocycles. The number of nitrogens with zero attached hydrogens (tertiary/aromatic N) is 7. The van der Waals surface area contributed by atoms with Crippen molar-refractivity contribution < 1.29 is 0 Å². The largest absolute Gasteiger partial charge is 0.278 e. The SMILES string of the molecule is c1ccc(-c2nc3ccccc3n2-c2cc(-n3c(-c4ccccc4)nc4ccccc43)nc(-n3c4ccccc4c4ccccc43)n2)cc1. The fourth-order valence-corrected chi connectivity index (χ4v) is 6.95. The number of benzene rings is 6. The molecule has 7 heteroatoms. The van der Waals surface area contributed by atoms with Crippen LogP contribution in [0.5, 0.6) is 0 Å². The van der Waals surface area contributed by atoms with Gasteiger partial charge in [-0.25, -0.2) is 9.97 Å². The Morgan fingerprint density at radius 1 is 0.327 bits per heavy atom. The van der Waals surface area contributed by atoms with Crippen LogP contribution in [0.4, 0.5) is 0 Å². The maximum Gasteiger partial charge on any atom is 0.238 e. The first-order valence-corrected chi connectivity index (χ1v) is 16.3. The maximum atomic E-state index is 5.39. The van der Waals surface area contributed by atoms with Crippen molar-refractivity contribution in [1.29, 1.82) is 0 Å². The standard InChI is InChI=1S/C42H27N7/c1-3-15-28(16-4-1)40-43-32-21-9-13-25-36(32)48(40)38-27-39(49-37-26-14-10-22-33(37)44-41(49)29-17-5-2-6-18-29)46-42(45-38)47-34-23-11-7-19-30(34)31-20-8-12-24-35(31)47/h1-27H. The first kappa shape index (κ1) is 27.3. The minimum absolute atomic E-state index is 0.554. The quantitative estimate of drug-likeness (QED) is 0.190. The van der Waals surface area contributed by atoms with E-state index in [-0.39, 0.29) is 0 Å². The van der Waals surface area contributed by atoms with E-state index in [1.54, 1.807) is 0 Å². The third-order valence-electron chi connectivity index (χ3n) is 9.11. The van der Waals surface area contributed by atoms with Gasteiger partial charge in [0.05, 0.1) is 33.1 Å². The molecule has 0 saturated heterocycles. The van der Waals surface area contributed by atoms with Crippen LogP contribution in [-0.2, 0) is 0 Å². The summed E-state index contributed by atoms with van der Waals surface area (Å²) >= 11 is 0. The Kier molecular flexibility index (Phi) is 6.04. The zero-order valence-electron chi connectivity index (χ0n) is 26.2. The molecule has 10 aromatic rings. The van der Waals surface area contributed by atoms with E-state index in [4.69, 9.17) is 19.9 Å². The highest BCUT2D eigenvalue weighted by atomic mass is 15.3. The number of para-hydroxylation sites is 6. The van der Waals surface area contributed by atoms with Crippen LogP contribution in [0.3, 0.4) is 0 Å². The van der Waals surface area contributed by atoms with Gasteiger partial charge < -0.3 is 0 Å². The Morgan fingerprint density at radius 3 is 1.18 bits per heavy atom. The monoisotopic (exact) mass is 629 g/mol. The van der Waals surface area contributed by atoms with Crippen LogP contribution in [0, 0.1) is 0 Å². The molecule has 0 spiro atoms. The Bertz CT molecular complexity index is 2640. The number of imidazole rings is 2. The number of aromatic nitrogens is 7. The highest BCUT2D eigenvalue weighted by Gasteiger charge is 2.22. The van der Waals surface area contributed by atoms with Gasteiger partial charge in [-0.3, -0.25) is 13.7 Å². The molecule has 49 heavy (non-hydrogen) atoms. The average molecular weight is 630 g/mol. The van der Waals surface area contributed by atoms with Crippen LogP contribution >= 0.6 is 0 Å². The molecule has 0 bridgehead atoms. The number of rotatable bonds is 5. The van der Waals surface area contributed by atoms with Crippen molar-refractivity contribution in [3.8, 4) is 40.4 Å². The second kappa shape index (κ2) is 10.9. The smallest absolute Gasteiger partial charge is 0.238 e. The van der Waals surface area contributed by atoms with E-state index >= 15 is 0 Å². The molecule has 0 fully saturated rings. The van der Waals surface area contributed by atoms with Crippen molar-refractivity contribution in [3.63, 3.8) is 0 Å². The molecule has 0 aliphatic rings. The van der Waals surface area contributed by atoms with E-state index in [1.165, 1.54) is 0 Å². The summed E-state index contributed by atoms with van der Waals surface area (Å²) < 4.78 is 6.46. The number of hydrogen-bond donors (Lipinski definition) is 0. The second-order valence-electron chi connectivity index (χ2n) is 12.0. The van der Waals surface area contributed by atoms with E-state index in [2.05, 4.69) is 105 Å². The molecule has 6 aromatic carbocycles. The second-order valence-corrected chi connectivity index (χ2v) is 12.0. The highest BCUT2D eigenvalue weighted by molar-refractivity contribution is 6.09. The first-order chi connectivity index (χ1) is 24.3. The minimum atomic E-state index is 0.554. The lowest BCUT2D eigenvalue weighted by Crippen LogP contribution is -2.11. The molecule has 0 unspecified atom stereocenters. The van der Waals surface area contributed by atoms with Gasteiger partial charge in [0.25, 0.3) is 0 Å². The fourth-order valence-electron chi connectivity index (χ4n) is 6.95. The van der Waals surface area contributed by atoms with Gasteiger partial charge in [0.2, 0.25) is 5.95 Å². The summed E-state index contributed by atoms with van der Waals surface area (Å²) in [4.78, 5) is 21.0. The molecule has 0 amide bonds. The molecule has 4 aromatic heterocycles. The maximum absolute atomic E-state index is 5.39. The van der Waals surface area contributed by atoms with Crippen LogP contribution in [-0.4, -0.2) is 33.6 Å². The molecular formula is C42H27N7. The molecule has 0 aliphatic heterocycles. The minimum Gasteiger partial charge on any atom is -0.278 e. The zero-order chi connectivity index (χ0) is 32.3. The Morgan fingerprint density at radius 2 is 0.714 bits per heavy atom. The highest BCUT2D eigenvalue weighted by Crippen LogP contribution is 2.35. The van der Waals surface area contributed by atoms with Crippen molar-refractivity contribution in [2.45, 2.75) is 0 Å². The Labute approximate surface area is 281 Å². The van der Waals surface area contributed by atoms with Crippen LogP contribution in [0.1, 0.15) is 0 Å². The van der Waals surface area contributed by atoms with Gasteiger partial charge in [-0.05, 0) is 36.4 Å². The molecule has 230 valence electrons. The topological polar surface area (TPSA) is 66.3 Å². The summed E-state index contributed by atoms with van der Waals surface area (Å²) in [6.07, 6.45) is 0. The summed E-state index contributed by atoms with van der Waals surface area (Å²) in [5.74, 6) is 3.56. The summed E-state index contributed by atoms with van der Waals surface area (Å²) in [7, 11) is 0. The first-order valence-electron chi connectivity index (χ1n) is 16.3. The van der Waals surface area contributed by atoms with Crippen LogP contribution in [0.25, 0.3) is 84.2 Å². The summed E-state index contributed by atoms with van der Waals surface area (Å²) in [6, 6.07) is 55.9. The van der Waals surface area contributed by atoms with Crippen molar-refractivity contribution in [2.75, 3.05) is 0 Å². The molecule has 7 nitrogen and oxygen atoms in total. The number of hydrogen-bond acceptors (Lipinski definition) is 4. The van der Waals surface area contributed by atoms with Gasteiger partial charge in [-0.15, -0.1) is 0 Å². The lowest BCUT2D eigenvalue weighted by molar-refractivity contribution is 0.901. The van der Waals surface area contributed by atoms with Crippen molar-refractivity contribution in [1.82, 2.24) is 33.6 Å². The summed E-state index contributed by atoms with van der Waals surface area (Å²) in [5, 5.41) is 2.29. The zero-order valence-corrected chi connectivity index (χ0v) is 26.2. The van der Waals surface area contributed by atoms with Crippen LogP contribution < -0.4 is 0 Å². The van der Waals surface area contributed by atoms with Crippen LogP contribution in [0.2, 0.25) is 0 Å². The predicted molar refractivity (Wildman–Crippen MR) is 196 cm³/mol. The molecule has 0 N–H and O–H groups in total. The van der Waals surface area contributed by atoms with E-state index in [9.17, 15) is 0 Å². The Hall–Kier alpha value is -6.86. The third-order valence-corrected chi connectivity index (χ3v) is 9.11. The van der Waals surface area contributed by atoms with E-state index < -0.39 is 0 Å². The van der Waals surface area contributed by atoms with E-state index in [1.807, 2.05) is 72.8 Å². The fraction of sp³-hybridized carbons (Fsp3) is 0. The van der Waals surface area contributed by atoms with Gasteiger partial charge >= 0.3 is 0 Å². The Balaban J connectivity index is 1.35. The van der Waals surface area contributed by atoms with Gasteiger partial charge in [-0.1, -0.05) is 121 Å². The number of fused-ring (bicyclic) bond motifs is 5. The lowest BCUT2D eigenvalue weighted by atomic mass is 10.2. The van der Waals surface area contributed by atoms with E-state index in [0.717, 1.165) is 66.6 Å². The van der Waals surface area contributed by atoms with Crippen molar-refractivity contribution in [2.24, 2.45) is 0 Å². The summed E-state index contributed by atoms with van der Waals surface area (Å²) in [5.41, 5.74) is 7.74. The molecule has 10 rings (SSSR count). The lowest BCUT2D eigenvalue weighted by Gasteiger charge is -2.16. The molecule has 0 atom stereocenters. The van der Waals surface area contributed by atoms with E-state index in [0.29, 0.717) is 17.6 Å². The normalized spacial score (nSPS) is 11.7. The van der Waals surface area contributed by atoms with Gasteiger partial charge in [0.15, 0.2) is 0 Å².